The van der Waals surface area contributed by atoms with Crippen molar-refractivity contribution in [3.8, 4) is 11.6 Å². The molecule has 4 aromatic rings. The van der Waals surface area contributed by atoms with Crippen molar-refractivity contribution in [1.82, 2.24) is 29.3 Å². The molecule has 0 aliphatic carbocycles. The molecule has 5 rings (SSSR count). The van der Waals surface area contributed by atoms with E-state index in [1.807, 2.05) is 11.6 Å². The lowest BCUT2D eigenvalue weighted by molar-refractivity contribution is -0.114. The van der Waals surface area contributed by atoms with Gasteiger partial charge >= 0.3 is 0 Å². The fourth-order valence-electron chi connectivity index (χ4n) is 4.29. The van der Waals surface area contributed by atoms with Gasteiger partial charge in [-0.05, 0) is 12.5 Å². The molecule has 5 heterocycles. The van der Waals surface area contributed by atoms with Gasteiger partial charge in [-0.1, -0.05) is 32.4 Å². The molecular formula is C25H29ClN8O3. The third kappa shape index (κ3) is 5.09. The molecule has 1 aliphatic rings. The molecular weight excluding hydrogens is 496 g/mol. The number of nitrogens with one attached hydrogen (secondary N) is 2. The normalized spacial score (nSPS) is 15.8. The second-order valence-corrected chi connectivity index (χ2v) is 10.4. The number of carbonyl (C=O) groups excluding carboxylic acids is 1. The fraction of sp³-hybridized carbons (Fsp3) is 0.400. The van der Waals surface area contributed by atoms with E-state index in [2.05, 4.69) is 57.1 Å². The molecule has 11 nitrogen and oxygen atoms in total. The van der Waals surface area contributed by atoms with Crippen LogP contribution < -0.4 is 15.4 Å². The molecule has 0 unspecified atom stereocenters. The highest BCUT2D eigenvalue weighted by atomic mass is 35.5. The second kappa shape index (κ2) is 9.64. The van der Waals surface area contributed by atoms with Gasteiger partial charge in [0.15, 0.2) is 5.82 Å². The van der Waals surface area contributed by atoms with Gasteiger partial charge in [0.25, 0.3) is 0 Å². The van der Waals surface area contributed by atoms with Gasteiger partial charge in [0.2, 0.25) is 17.7 Å². The number of imidazole rings is 1. The summed E-state index contributed by atoms with van der Waals surface area (Å²) in [4.78, 5) is 24.5. The summed E-state index contributed by atoms with van der Waals surface area (Å²) in [6, 6.07) is 5.52. The van der Waals surface area contributed by atoms with Crippen LogP contribution in [0.2, 0.25) is 5.02 Å². The van der Waals surface area contributed by atoms with Crippen LogP contribution in [0.1, 0.15) is 45.9 Å². The summed E-state index contributed by atoms with van der Waals surface area (Å²) in [5, 5.41) is 11.1. The highest BCUT2D eigenvalue weighted by Crippen LogP contribution is 2.36. The van der Waals surface area contributed by atoms with Crippen LogP contribution in [-0.4, -0.2) is 48.4 Å². The first-order valence-corrected chi connectivity index (χ1v) is 12.3. The Morgan fingerprint density at radius 1 is 1.24 bits per heavy atom. The van der Waals surface area contributed by atoms with E-state index in [9.17, 15) is 4.79 Å². The Kier molecular flexibility index (Phi) is 6.50. The van der Waals surface area contributed by atoms with Crippen LogP contribution in [0.5, 0.6) is 11.6 Å². The van der Waals surface area contributed by atoms with E-state index in [-0.39, 0.29) is 23.2 Å². The molecule has 1 amide bonds. The Labute approximate surface area is 219 Å². The molecule has 4 aromatic heterocycles. The van der Waals surface area contributed by atoms with Crippen molar-refractivity contribution in [3.05, 3.63) is 41.3 Å². The van der Waals surface area contributed by atoms with Gasteiger partial charge < -0.3 is 24.7 Å². The standard InChI is InChI=1S/C25H29ClN8O3/c1-14(35)29-19-10-16(6-8-27-19)37-23-21(26)22-17(12-28-23)30-24(33(22)5)31-20-11-18(25(2,3)4)34(32-20)15-7-9-36-13-15/h6,8,10-12,15H,7,9,13H2,1-5H3,(H,27,29,35)(H,30,31,32)/t15-/m0/s1. The lowest BCUT2D eigenvalue weighted by Gasteiger charge is -2.22. The molecule has 194 valence electrons. The number of hydrogen-bond acceptors (Lipinski definition) is 8. The smallest absolute Gasteiger partial charge is 0.240 e. The molecule has 1 saturated heterocycles. The Morgan fingerprint density at radius 3 is 2.76 bits per heavy atom. The number of nitrogens with zero attached hydrogens (tertiary/aromatic N) is 6. The number of rotatable bonds is 6. The molecule has 1 atom stereocenters. The van der Waals surface area contributed by atoms with Crippen molar-refractivity contribution >= 4 is 46.1 Å². The Morgan fingerprint density at radius 2 is 2.05 bits per heavy atom. The Bertz CT molecular complexity index is 1470. The van der Waals surface area contributed by atoms with Gasteiger partial charge in [-0.3, -0.25) is 9.48 Å². The van der Waals surface area contributed by atoms with E-state index >= 15 is 0 Å². The monoisotopic (exact) mass is 524 g/mol. The van der Waals surface area contributed by atoms with Crippen LogP contribution >= 0.6 is 11.6 Å². The summed E-state index contributed by atoms with van der Waals surface area (Å²) in [5.74, 6) is 2.05. The number of ether oxygens (including phenoxy) is 2. The predicted molar refractivity (Wildman–Crippen MR) is 141 cm³/mol. The van der Waals surface area contributed by atoms with Gasteiger partial charge in [-0.15, -0.1) is 0 Å². The van der Waals surface area contributed by atoms with Crippen molar-refractivity contribution in [2.75, 3.05) is 23.8 Å². The molecule has 1 fully saturated rings. The summed E-state index contributed by atoms with van der Waals surface area (Å²) < 4.78 is 15.4. The predicted octanol–water partition coefficient (Wildman–Crippen LogP) is 4.97. The van der Waals surface area contributed by atoms with Crippen LogP contribution in [0.15, 0.2) is 30.6 Å². The molecule has 0 saturated carbocycles. The highest BCUT2D eigenvalue weighted by Gasteiger charge is 2.28. The maximum Gasteiger partial charge on any atom is 0.240 e. The molecule has 0 spiro atoms. The van der Waals surface area contributed by atoms with Crippen molar-refractivity contribution in [2.45, 2.75) is 45.6 Å². The summed E-state index contributed by atoms with van der Waals surface area (Å²) in [7, 11) is 1.86. The summed E-state index contributed by atoms with van der Waals surface area (Å²) in [6.07, 6.45) is 4.07. The zero-order valence-corrected chi connectivity index (χ0v) is 22.1. The van der Waals surface area contributed by atoms with Crippen molar-refractivity contribution in [1.29, 1.82) is 0 Å². The average Bonchev–Trinajstić information content (AvgIpc) is 3.55. The van der Waals surface area contributed by atoms with Crippen LogP contribution in [0, 0.1) is 0 Å². The third-order valence-electron chi connectivity index (χ3n) is 6.07. The van der Waals surface area contributed by atoms with E-state index in [4.69, 9.17) is 26.2 Å². The van der Waals surface area contributed by atoms with Gasteiger partial charge in [0, 0.05) is 50.0 Å². The quantitative estimate of drug-likeness (QED) is 0.363. The zero-order valence-electron chi connectivity index (χ0n) is 21.4. The number of fused-ring (bicyclic) bond motifs is 1. The maximum absolute atomic E-state index is 11.3. The molecule has 0 radical (unpaired) electrons. The maximum atomic E-state index is 11.3. The lowest BCUT2D eigenvalue weighted by atomic mass is 9.91. The molecule has 1 aliphatic heterocycles. The number of carbonyl (C=O) groups is 1. The minimum Gasteiger partial charge on any atom is -0.437 e. The van der Waals surface area contributed by atoms with Crippen LogP contribution in [-0.2, 0) is 22.0 Å². The summed E-state index contributed by atoms with van der Waals surface area (Å²) in [6.45, 7) is 9.32. The second-order valence-electron chi connectivity index (χ2n) is 10.0. The number of aryl methyl sites for hydroxylation is 1. The molecule has 37 heavy (non-hydrogen) atoms. The van der Waals surface area contributed by atoms with E-state index in [1.54, 1.807) is 18.3 Å². The third-order valence-corrected chi connectivity index (χ3v) is 6.41. The number of anilines is 3. The Balaban J connectivity index is 1.44. The highest BCUT2D eigenvalue weighted by molar-refractivity contribution is 6.36. The average molecular weight is 525 g/mol. The molecule has 2 N–H and O–H groups in total. The first-order chi connectivity index (χ1) is 17.6. The van der Waals surface area contributed by atoms with Crippen molar-refractivity contribution < 1.29 is 14.3 Å². The largest absolute Gasteiger partial charge is 0.437 e. The van der Waals surface area contributed by atoms with Crippen molar-refractivity contribution in [3.63, 3.8) is 0 Å². The molecule has 0 bridgehead atoms. The van der Waals surface area contributed by atoms with Gasteiger partial charge in [-0.25, -0.2) is 15.0 Å². The van der Waals surface area contributed by atoms with Crippen LogP contribution in [0.4, 0.5) is 17.6 Å². The lowest BCUT2D eigenvalue weighted by Crippen LogP contribution is -2.22. The number of amides is 1. The summed E-state index contributed by atoms with van der Waals surface area (Å²) >= 11 is 6.72. The number of halogens is 1. The first kappa shape index (κ1) is 25.0. The minimum absolute atomic E-state index is 0.0892. The fourth-order valence-corrected chi connectivity index (χ4v) is 4.60. The number of pyridine rings is 2. The van der Waals surface area contributed by atoms with Crippen molar-refractivity contribution in [2.24, 2.45) is 7.05 Å². The van der Waals surface area contributed by atoms with Gasteiger partial charge in [-0.2, -0.15) is 5.10 Å². The van der Waals surface area contributed by atoms with E-state index in [0.717, 1.165) is 18.7 Å². The Hall–Kier alpha value is -3.70. The summed E-state index contributed by atoms with van der Waals surface area (Å²) in [5.41, 5.74) is 2.30. The topological polar surface area (TPSA) is 121 Å². The number of hydrogen-bond donors (Lipinski definition) is 2. The van der Waals surface area contributed by atoms with Gasteiger partial charge in [0.05, 0.1) is 24.4 Å². The number of aromatic nitrogens is 6. The molecule has 12 heteroatoms. The zero-order chi connectivity index (χ0) is 26.3. The van der Waals surface area contributed by atoms with Crippen LogP contribution in [0.3, 0.4) is 0 Å². The first-order valence-electron chi connectivity index (χ1n) is 12.0. The van der Waals surface area contributed by atoms with Crippen LogP contribution in [0.25, 0.3) is 11.0 Å². The molecule has 0 aromatic carbocycles. The SMILES string of the molecule is CC(=O)Nc1cc(Oc2ncc3nc(Nc4cc(C(C)(C)C)n([C@H]5CCOC5)n4)n(C)c3c2Cl)ccn1. The van der Waals surface area contributed by atoms with Gasteiger partial charge in [0.1, 0.15) is 22.1 Å². The van der Waals surface area contributed by atoms with E-state index < -0.39 is 0 Å². The van der Waals surface area contributed by atoms with E-state index in [1.165, 1.54) is 13.1 Å². The van der Waals surface area contributed by atoms with E-state index in [0.29, 0.717) is 46.0 Å². The minimum atomic E-state index is -0.229.